The first-order chi connectivity index (χ1) is 8.81. The van der Waals surface area contributed by atoms with E-state index in [4.69, 9.17) is 0 Å². The lowest BCUT2D eigenvalue weighted by Crippen LogP contribution is -2.22. The number of hydrogen-bond acceptors (Lipinski definition) is 3. The van der Waals surface area contributed by atoms with Crippen LogP contribution in [-0.2, 0) is 0 Å². The summed E-state index contributed by atoms with van der Waals surface area (Å²) >= 11 is 1.76. The van der Waals surface area contributed by atoms with E-state index in [-0.39, 0.29) is 0 Å². The van der Waals surface area contributed by atoms with Gasteiger partial charge in [0.2, 0.25) is 0 Å². The molecule has 1 aliphatic carbocycles. The van der Waals surface area contributed by atoms with Gasteiger partial charge >= 0.3 is 0 Å². The summed E-state index contributed by atoms with van der Waals surface area (Å²) < 4.78 is 0. The van der Waals surface area contributed by atoms with Crippen LogP contribution in [0.2, 0.25) is 0 Å². The van der Waals surface area contributed by atoms with Gasteiger partial charge in [0.05, 0.1) is 11.2 Å². The molecule has 2 rings (SSSR count). The zero-order valence-corrected chi connectivity index (χ0v) is 12.4. The SMILES string of the molecule is CCNCC(=Cc1scnc1C)C1CCCCC1. The fourth-order valence-corrected chi connectivity index (χ4v) is 3.44. The predicted octanol–water partition coefficient (Wildman–Crippen LogP) is 4.02. The summed E-state index contributed by atoms with van der Waals surface area (Å²) in [5, 5.41) is 3.49. The molecule has 0 radical (unpaired) electrons. The van der Waals surface area contributed by atoms with Gasteiger partial charge in [-0.2, -0.15) is 0 Å². The highest BCUT2D eigenvalue weighted by Gasteiger charge is 2.18. The number of rotatable bonds is 5. The Hall–Kier alpha value is -0.670. The highest BCUT2D eigenvalue weighted by molar-refractivity contribution is 7.10. The second-order valence-corrected chi connectivity index (χ2v) is 6.02. The van der Waals surface area contributed by atoms with E-state index in [0.717, 1.165) is 19.0 Å². The largest absolute Gasteiger partial charge is 0.313 e. The molecule has 0 spiro atoms. The van der Waals surface area contributed by atoms with Gasteiger partial charge in [-0.25, -0.2) is 4.98 Å². The Kier molecular flexibility index (Phi) is 5.39. The molecule has 1 N–H and O–H groups in total. The van der Waals surface area contributed by atoms with Crippen LogP contribution in [0.4, 0.5) is 0 Å². The molecule has 0 bridgehead atoms. The summed E-state index contributed by atoms with van der Waals surface area (Å²) in [5.41, 5.74) is 4.71. The molecule has 0 atom stereocenters. The van der Waals surface area contributed by atoms with Crippen LogP contribution in [0.1, 0.15) is 49.6 Å². The first kappa shape index (κ1) is 13.8. The monoisotopic (exact) mass is 264 g/mol. The summed E-state index contributed by atoms with van der Waals surface area (Å²) in [6.45, 7) is 6.37. The minimum Gasteiger partial charge on any atom is -0.313 e. The Balaban J connectivity index is 2.13. The van der Waals surface area contributed by atoms with E-state index >= 15 is 0 Å². The van der Waals surface area contributed by atoms with Gasteiger partial charge in [-0.3, -0.25) is 0 Å². The first-order valence-electron chi connectivity index (χ1n) is 7.12. The molecule has 0 saturated heterocycles. The zero-order chi connectivity index (χ0) is 12.8. The van der Waals surface area contributed by atoms with Gasteiger partial charge in [-0.1, -0.05) is 31.8 Å². The summed E-state index contributed by atoms with van der Waals surface area (Å²) in [6, 6.07) is 0. The molecule has 0 aromatic carbocycles. The Morgan fingerprint density at radius 3 is 2.83 bits per heavy atom. The molecule has 0 aliphatic heterocycles. The van der Waals surface area contributed by atoms with Crippen molar-refractivity contribution in [2.45, 2.75) is 46.0 Å². The minimum atomic E-state index is 0.791. The lowest BCUT2D eigenvalue weighted by molar-refractivity contribution is 0.397. The molecule has 1 aliphatic rings. The number of thiazole rings is 1. The standard InChI is InChI=1S/C15H24N2S/c1-3-16-10-14(13-7-5-4-6-8-13)9-15-12(2)17-11-18-15/h9,11,13,16H,3-8,10H2,1-2H3. The van der Waals surface area contributed by atoms with Crippen molar-refractivity contribution < 1.29 is 0 Å². The fourth-order valence-electron chi connectivity index (χ4n) is 2.67. The quantitative estimate of drug-likeness (QED) is 0.868. The van der Waals surface area contributed by atoms with E-state index in [1.54, 1.807) is 16.9 Å². The number of hydrogen-bond donors (Lipinski definition) is 1. The van der Waals surface area contributed by atoms with Gasteiger partial charge in [0.25, 0.3) is 0 Å². The normalized spacial score (nSPS) is 18.2. The third-order valence-electron chi connectivity index (χ3n) is 3.81. The Morgan fingerprint density at radius 2 is 2.22 bits per heavy atom. The predicted molar refractivity (Wildman–Crippen MR) is 79.9 cm³/mol. The van der Waals surface area contributed by atoms with E-state index < -0.39 is 0 Å². The van der Waals surface area contributed by atoms with Gasteiger partial charge in [0, 0.05) is 11.4 Å². The number of nitrogens with one attached hydrogen (secondary N) is 1. The first-order valence-corrected chi connectivity index (χ1v) is 8.00. The van der Waals surface area contributed by atoms with Crippen LogP contribution in [0.25, 0.3) is 6.08 Å². The Morgan fingerprint density at radius 1 is 1.44 bits per heavy atom. The molecule has 0 amide bonds. The van der Waals surface area contributed by atoms with Gasteiger partial charge in [0.15, 0.2) is 0 Å². The topological polar surface area (TPSA) is 24.9 Å². The second-order valence-electron chi connectivity index (χ2n) is 5.14. The summed E-state index contributed by atoms with van der Waals surface area (Å²) in [4.78, 5) is 5.69. The maximum absolute atomic E-state index is 4.35. The molecule has 2 nitrogen and oxygen atoms in total. The average Bonchev–Trinajstić information content (AvgIpc) is 2.81. The van der Waals surface area contributed by atoms with Gasteiger partial charge < -0.3 is 5.32 Å². The molecule has 1 saturated carbocycles. The van der Waals surface area contributed by atoms with E-state index in [0.29, 0.717) is 0 Å². The number of aryl methyl sites for hydroxylation is 1. The number of aromatic nitrogens is 1. The molecular formula is C15H24N2S. The molecular weight excluding hydrogens is 240 g/mol. The molecule has 0 unspecified atom stereocenters. The van der Waals surface area contributed by atoms with Crippen molar-refractivity contribution in [3.63, 3.8) is 0 Å². The second kappa shape index (κ2) is 7.05. The molecule has 1 aromatic heterocycles. The van der Waals surface area contributed by atoms with Crippen molar-refractivity contribution in [2.24, 2.45) is 5.92 Å². The Bertz CT molecular complexity index is 389. The van der Waals surface area contributed by atoms with Gasteiger partial charge in [-0.15, -0.1) is 11.3 Å². The van der Waals surface area contributed by atoms with Gasteiger partial charge in [-0.05, 0) is 38.3 Å². The van der Waals surface area contributed by atoms with E-state index in [1.807, 2.05) is 5.51 Å². The summed E-state index contributed by atoms with van der Waals surface area (Å²) in [6.07, 6.45) is 9.35. The van der Waals surface area contributed by atoms with Crippen LogP contribution in [0.15, 0.2) is 11.1 Å². The van der Waals surface area contributed by atoms with Crippen LogP contribution in [0.3, 0.4) is 0 Å². The van der Waals surface area contributed by atoms with E-state index in [9.17, 15) is 0 Å². The highest BCUT2D eigenvalue weighted by Crippen LogP contribution is 2.31. The van der Waals surface area contributed by atoms with Crippen molar-refractivity contribution in [3.8, 4) is 0 Å². The maximum Gasteiger partial charge on any atom is 0.0801 e. The number of likely N-dealkylation sites (N-methyl/N-ethyl adjacent to an activating group) is 1. The molecule has 1 aromatic rings. The van der Waals surface area contributed by atoms with Crippen LogP contribution >= 0.6 is 11.3 Å². The minimum absolute atomic E-state index is 0.791. The fraction of sp³-hybridized carbons (Fsp3) is 0.667. The molecule has 3 heteroatoms. The van der Waals surface area contributed by atoms with Crippen LogP contribution in [-0.4, -0.2) is 18.1 Å². The van der Waals surface area contributed by atoms with E-state index in [1.165, 1.54) is 42.7 Å². The van der Waals surface area contributed by atoms with Gasteiger partial charge in [0.1, 0.15) is 0 Å². The smallest absolute Gasteiger partial charge is 0.0801 e. The third-order valence-corrected chi connectivity index (χ3v) is 4.69. The van der Waals surface area contributed by atoms with Crippen molar-refractivity contribution in [1.29, 1.82) is 0 Å². The molecule has 100 valence electrons. The zero-order valence-electron chi connectivity index (χ0n) is 11.5. The third kappa shape index (κ3) is 3.66. The summed E-state index contributed by atoms with van der Waals surface area (Å²) in [7, 11) is 0. The van der Waals surface area contributed by atoms with Crippen LogP contribution in [0.5, 0.6) is 0 Å². The molecule has 18 heavy (non-hydrogen) atoms. The maximum atomic E-state index is 4.35. The average molecular weight is 264 g/mol. The number of nitrogens with zero attached hydrogens (tertiary/aromatic N) is 1. The van der Waals surface area contributed by atoms with Crippen molar-refractivity contribution in [3.05, 3.63) is 21.7 Å². The van der Waals surface area contributed by atoms with E-state index in [2.05, 4.69) is 30.2 Å². The van der Waals surface area contributed by atoms with Crippen molar-refractivity contribution >= 4 is 17.4 Å². The Labute approximate surface area is 115 Å². The van der Waals surface area contributed by atoms with Crippen LogP contribution < -0.4 is 5.32 Å². The lowest BCUT2D eigenvalue weighted by Gasteiger charge is -2.25. The molecule has 1 heterocycles. The van der Waals surface area contributed by atoms with Crippen molar-refractivity contribution in [2.75, 3.05) is 13.1 Å². The van der Waals surface area contributed by atoms with Crippen molar-refractivity contribution in [1.82, 2.24) is 10.3 Å². The molecule has 1 fully saturated rings. The lowest BCUT2D eigenvalue weighted by atomic mass is 9.83. The summed E-state index contributed by atoms with van der Waals surface area (Å²) in [5.74, 6) is 0.791. The van der Waals surface area contributed by atoms with Crippen LogP contribution in [0, 0.1) is 12.8 Å². The highest BCUT2D eigenvalue weighted by atomic mass is 32.1.